The largest absolute Gasteiger partial charge is 0.352 e. The van der Waals surface area contributed by atoms with Gasteiger partial charge in [0.15, 0.2) is 0 Å². The van der Waals surface area contributed by atoms with Gasteiger partial charge in [-0.3, -0.25) is 9.59 Å². The highest BCUT2D eigenvalue weighted by Gasteiger charge is 2.35. The number of halogens is 1. The topological polar surface area (TPSA) is 49.4 Å². The van der Waals surface area contributed by atoms with Crippen LogP contribution in [0, 0.1) is 19.8 Å². The summed E-state index contributed by atoms with van der Waals surface area (Å²) in [4.78, 5) is 26.6. The second-order valence-electron chi connectivity index (χ2n) is 6.47. The van der Waals surface area contributed by atoms with Gasteiger partial charge in [0.2, 0.25) is 11.8 Å². The maximum atomic E-state index is 12.4. The molecule has 0 saturated carbocycles. The molecule has 1 aliphatic heterocycles. The van der Waals surface area contributed by atoms with Gasteiger partial charge in [-0.25, -0.2) is 0 Å². The van der Waals surface area contributed by atoms with E-state index in [1.807, 2.05) is 44.2 Å². The first-order valence-corrected chi connectivity index (χ1v) is 8.72. The van der Waals surface area contributed by atoms with Crippen molar-refractivity contribution in [3.05, 3.63) is 64.2 Å². The van der Waals surface area contributed by atoms with Crippen molar-refractivity contribution in [3.63, 3.8) is 0 Å². The summed E-state index contributed by atoms with van der Waals surface area (Å²) in [6, 6.07) is 13.3. The lowest BCUT2D eigenvalue weighted by Gasteiger charge is -2.20. The van der Waals surface area contributed by atoms with Crippen molar-refractivity contribution in [1.82, 2.24) is 5.32 Å². The maximum absolute atomic E-state index is 12.4. The lowest BCUT2D eigenvalue weighted by Crippen LogP contribution is -2.32. The molecule has 0 radical (unpaired) electrons. The molecule has 1 unspecified atom stereocenters. The highest BCUT2D eigenvalue weighted by Crippen LogP contribution is 2.29. The minimum Gasteiger partial charge on any atom is -0.352 e. The van der Waals surface area contributed by atoms with Gasteiger partial charge in [-0.15, -0.1) is 0 Å². The maximum Gasteiger partial charge on any atom is 0.227 e. The van der Waals surface area contributed by atoms with Gasteiger partial charge in [-0.1, -0.05) is 35.9 Å². The van der Waals surface area contributed by atoms with E-state index in [9.17, 15) is 9.59 Å². The van der Waals surface area contributed by atoms with Crippen molar-refractivity contribution in [2.24, 2.45) is 5.92 Å². The Labute approximate surface area is 152 Å². The molecule has 2 amide bonds. The monoisotopic (exact) mass is 356 g/mol. The standard InChI is InChI=1S/C20H21ClN2O2/c1-13-4-3-5-18(14(13)2)23-12-16(10-19(23)24)20(25)22-11-15-6-8-17(21)9-7-15/h3-9,16H,10-12H2,1-2H3,(H,22,25). The van der Waals surface area contributed by atoms with Crippen molar-refractivity contribution in [1.29, 1.82) is 0 Å². The van der Waals surface area contributed by atoms with Crippen LogP contribution in [0.5, 0.6) is 0 Å². The van der Waals surface area contributed by atoms with Crippen LogP contribution in [0.15, 0.2) is 42.5 Å². The number of aryl methyl sites for hydroxylation is 1. The Kier molecular flexibility index (Phi) is 5.09. The van der Waals surface area contributed by atoms with E-state index in [0.717, 1.165) is 22.4 Å². The molecule has 0 aromatic heterocycles. The fraction of sp³-hybridized carbons (Fsp3) is 0.300. The molecule has 4 nitrogen and oxygen atoms in total. The first-order chi connectivity index (χ1) is 12.0. The normalized spacial score (nSPS) is 17.0. The zero-order chi connectivity index (χ0) is 18.0. The number of amides is 2. The second kappa shape index (κ2) is 7.28. The number of carbonyl (C=O) groups is 2. The van der Waals surface area contributed by atoms with E-state index in [0.29, 0.717) is 18.1 Å². The van der Waals surface area contributed by atoms with E-state index in [1.54, 1.807) is 17.0 Å². The Morgan fingerprint density at radius 3 is 2.64 bits per heavy atom. The summed E-state index contributed by atoms with van der Waals surface area (Å²) in [6.45, 7) is 4.89. The van der Waals surface area contributed by atoms with E-state index in [4.69, 9.17) is 11.6 Å². The zero-order valence-electron chi connectivity index (χ0n) is 14.4. The predicted octanol–water partition coefficient (Wildman–Crippen LogP) is 3.63. The number of hydrogen-bond acceptors (Lipinski definition) is 2. The molecule has 1 aliphatic rings. The van der Waals surface area contributed by atoms with Crippen LogP contribution >= 0.6 is 11.6 Å². The van der Waals surface area contributed by atoms with E-state index >= 15 is 0 Å². The Bertz CT molecular complexity index is 802. The highest BCUT2D eigenvalue weighted by molar-refractivity contribution is 6.30. The summed E-state index contributed by atoms with van der Waals surface area (Å²) < 4.78 is 0. The molecule has 2 aromatic carbocycles. The number of anilines is 1. The van der Waals surface area contributed by atoms with Crippen LogP contribution in [0.25, 0.3) is 0 Å². The molecule has 0 spiro atoms. The Hall–Kier alpha value is -2.33. The lowest BCUT2D eigenvalue weighted by atomic mass is 10.1. The molecular weight excluding hydrogens is 336 g/mol. The smallest absolute Gasteiger partial charge is 0.227 e. The highest BCUT2D eigenvalue weighted by atomic mass is 35.5. The quantitative estimate of drug-likeness (QED) is 0.909. The van der Waals surface area contributed by atoms with E-state index in [2.05, 4.69) is 5.32 Å². The number of rotatable bonds is 4. The Morgan fingerprint density at radius 1 is 1.20 bits per heavy atom. The summed E-state index contributed by atoms with van der Waals surface area (Å²) in [5, 5.41) is 3.59. The van der Waals surface area contributed by atoms with Crippen LogP contribution in [0.4, 0.5) is 5.69 Å². The molecule has 2 aromatic rings. The fourth-order valence-electron chi connectivity index (χ4n) is 3.08. The van der Waals surface area contributed by atoms with Gasteiger partial charge >= 0.3 is 0 Å². The average molecular weight is 357 g/mol. The molecule has 0 bridgehead atoms. The first-order valence-electron chi connectivity index (χ1n) is 8.34. The summed E-state index contributed by atoms with van der Waals surface area (Å²) in [6.07, 6.45) is 0.250. The molecule has 3 rings (SSSR count). The van der Waals surface area contributed by atoms with Gasteiger partial charge in [-0.2, -0.15) is 0 Å². The number of benzene rings is 2. The predicted molar refractivity (Wildman–Crippen MR) is 99.7 cm³/mol. The van der Waals surface area contributed by atoms with E-state index < -0.39 is 0 Å². The van der Waals surface area contributed by atoms with Crippen molar-refractivity contribution in [2.45, 2.75) is 26.8 Å². The molecule has 5 heteroatoms. The fourth-order valence-corrected chi connectivity index (χ4v) is 3.21. The van der Waals surface area contributed by atoms with Crippen LogP contribution in [0.2, 0.25) is 5.02 Å². The van der Waals surface area contributed by atoms with Crippen molar-refractivity contribution < 1.29 is 9.59 Å². The van der Waals surface area contributed by atoms with Crippen molar-refractivity contribution in [2.75, 3.05) is 11.4 Å². The molecule has 1 saturated heterocycles. The molecule has 130 valence electrons. The SMILES string of the molecule is Cc1cccc(N2CC(C(=O)NCc3ccc(Cl)cc3)CC2=O)c1C. The Balaban J connectivity index is 1.64. The van der Waals surface area contributed by atoms with Gasteiger partial charge in [0.1, 0.15) is 0 Å². The van der Waals surface area contributed by atoms with Crippen LogP contribution in [0.1, 0.15) is 23.1 Å². The number of nitrogens with one attached hydrogen (secondary N) is 1. The first kappa shape index (κ1) is 17.5. The van der Waals surface area contributed by atoms with E-state index in [-0.39, 0.29) is 24.2 Å². The van der Waals surface area contributed by atoms with Gasteiger partial charge < -0.3 is 10.2 Å². The van der Waals surface area contributed by atoms with E-state index in [1.165, 1.54) is 0 Å². The Morgan fingerprint density at radius 2 is 1.92 bits per heavy atom. The third kappa shape index (κ3) is 3.85. The summed E-state index contributed by atoms with van der Waals surface area (Å²) in [7, 11) is 0. The summed E-state index contributed by atoms with van der Waals surface area (Å²) in [5.41, 5.74) is 4.10. The molecule has 0 aliphatic carbocycles. The van der Waals surface area contributed by atoms with Gasteiger partial charge in [0, 0.05) is 30.2 Å². The van der Waals surface area contributed by atoms with Crippen LogP contribution in [-0.2, 0) is 16.1 Å². The van der Waals surface area contributed by atoms with Crippen LogP contribution < -0.4 is 10.2 Å². The zero-order valence-corrected chi connectivity index (χ0v) is 15.1. The average Bonchev–Trinajstić information content (AvgIpc) is 2.98. The minimum atomic E-state index is -0.320. The molecule has 25 heavy (non-hydrogen) atoms. The van der Waals surface area contributed by atoms with Gasteiger partial charge in [-0.05, 0) is 48.7 Å². The van der Waals surface area contributed by atoms with Crippen LogP contribution in [-0.4, -0.2) is 18.4 Å². The third-order valence-corrected chi connectivity index (χ3v) is 4.99. The number of nitrogens with zero attached hydrogens (tertiary/aromatic N) is 1. The molecular formula is C20H21ClN2O2. The number of hydrogen-bond donors (Lipinski definition) is 1. The third-order valence-electron chi connectivity index (χ3n) is 4.74. The summed E-state index contributed by atoms with van der Waals surface area (Å²) in [5.74, 6) is -0.406. The van der Waals surface area contributed by atoms with Crippen molar-refractivity contribution >= 4 is 29.1 Å². The van der Waals surface area contributed by atoms with Crippen LogP contribution in [0.3, 0.4) is 0 Å². The van der Waals surface area contributed by atoms with Gasteiger partial charge in [0.05, 0.1) is 5.92 Å². The minimum absolute atomic E-state index is 0.000318. The molecule has 1 N–H and O–H groups in total. The van der Waals surface area contributed by atoms with Gasteiger partial charge in [0.25, 0.3) is 0 Å². The number of carbonyl (C=O) groups excluding carboxylic acids is 2. The molecule has 1 atom stereocenters. The second-order valence-corrected chi connectivity index (χ2v) is 6.91. The molecule has 1 fully saturated rings. The lowest BCUT2D eigenvalue weighted by molar-refractivity contribution is -0.126. The summed E-state index contributed by atoms with van der Waals surface area (Å²) >= 11 is 5.86. The molecule has 1 heterocycles. The van der Waals surface area contributed by atoms with Crippen molar-refractivity contribution in [3.8, 4) is 0 Å².